The Morgan fingerprint density at radius 3 is 2.78 bits per heavy atom. The highest BCUT2D eigenvalue weighted by atomic mass is 16.5. The molecule has 0 spiro atoms. The Morgan fingerprint density at radius 1 is 1.50 bits per heavy atom. The number of amides is 1. The number of nitrogens with one attached hydrogen (secondary N) is 1. The summed E-state index contributed by atoms with van der Waals surface area (Å²) in [5.74, 6) is -0.0622. The van der Waals surface area contributed by atoms with E-state index in [1.54, 1.807) is 18.2 Å². The second kappa shape index (κ2) is 6.39. The third-order valence-electron chi connectivity index (χ3n) is 2.16. The Bertz CT molecular complexity index is 483. The zero-order valence-electron chi connectivity index (χ0n) is 10.1. The summed E-state index contributed by atoms with van der Waals surface area (Å²) in [7, 11) is 1.47. The first-order chi connectivity index (χ1) is 8.56. The van der Waals surface area contributed by atoms with E-state index in [-0.39, 0.29) is 18.1 Å². The van der Waals surface area contributed by atoms with Crippen LogP contribution in [0.5, 0.6) is 5.75 Å². The minimum absolute atomic E-state index is 0.0980. The fraction of sp³-hybridized carbons (Fsp3) is 0.250. The molecule has 1 aromatic carbocycles. The second-order valence-electron chi connectivity index (χ2n) is 3.60. The molecular weight excluding hydrogens is 236 g/mol. The van der Waals surface area contributed by atoms with Crippen LogP contribution in [0.15, 0.2) is 23.4 Å². The van der Waals surface area contributed by atoms with E-state index in [0.29, 0.717) is 17.0 Å². The number of benzene rings is 1. The Balaban J connectivity index is 2.91. The lowest BCUT2D eigenvalue weighted by Crippen LogP contribution is -2.08. The Kier molecular flexibility index (Phi) is 4.86. The molecular formula is C12H14N2O4. The van der Waals surface area contributed by atoms with Gasteiger partial charge in [0, 0.05) is 13.3 Å². The van der Waals surface area contributed by atoms with E-state index in [4.69, 9.17) is 9.94 Å². The summed E-state index contributed by atoms with van der Waals surface area (Å²) < 4.78 is 5.12. The largest absolute Gasteiger partial charge is 0.495 e. The van der Waals surface area contributed by atoms with E-state index in [9.17, 15) is 9.59 Å². The highest BCUT2D eigenvalue weighted by Crippen LogP contribution is 2.25. The van der Waals surface area contributed by atoms with Crippen LogP contribution in [0.3, 0.4) is 0 Å². The zero-order valence-corrected chi connectivity index (χ0v) is 10.1. The Labute approximate surface area is 104 Å². The maximum atomic E-state index is 11.3. The van der Waals surface area contributed by atoms with Gasteiger partial charge in [-0.25, -0.2) is 0 Å². The molecule has 1 amide bonds. The van der Waals surface area contributed by atoms with Crippen LogP contribution >= 0.6 is 0 Å². The van der Waals surface area contributed by atoms with E-state index in [1.165, 1.54) is 14.0 Å². The maximum absolute atomic E-state index is 11.3. The molecule has 6 heteroatoms. The van der Waals surface area contributed by atoms with Crippen molar-refractivity contribution in [2.75, 3.05) is 12.4 Å². The molecule has 0 unspecified atom stereocenters. The number of rotatable bonds is 5. The summed E-state index contributed by atoms with van der Waals surface area (Å²) >= 11 is 0. The van der Waals surface area contributed by atoms with E-state index in [2.05, 4.69) is 10.5 Å². The standard InChI is InChI=1S/C12H14N2O4/c1-8(15)14-11-4-3-9(6-12(11)18-2)5-10(16)7-13-17/h3-4,6-7,17H,5H2,1-2H3,(H,14,15). The molecule has 0 aliphatic heterocycles. The highest BCUT2D eigenvalue weighted by Gasteiger charge is 2.08. The molecule has 0 atom stereocenters. The third kappa shape index (κ3) is 3.89. The molecule has 18 heavy (non-hydrogen) atoms. The quantitative estimate of drug-likeness (QED) is 0.467. The van der Waals surface area contributed by atoms with Gasteiger partial charge in [-0.2, -0.15) is 0 Å². The van der Waals surface area contributed by atoms with Crippen LogP contribution in [0.2, 0.25) is 0 Å². The van der Waals surface area contributed by atoms with Crippen LogP contribution in [-0.2, 0) is 16.0 Å². The molecule has 0 saturated heterocycles. The summed E-state index contributed by atoms with van der Waals surface area (Å²) in [4.78, 5) is 22.2. The molecule has 0 bridgehead atoms. The lowest BCUT2D eigenvalue weighted by Gasteiger charge is -2.10. The molecule has 6 nitrogen and oxygen atoms in total. The van der Waals surface area contributed by atoms with Gasteiger partial charge in [0.2, 0.25) is 5.91 Å². The molecule has 96 valence electrons. The van der Waals surface area contributed by atoms with Crippen LogP contribution in [0.4, 0.5) is 5.69 Å². The van der Waals surface area contributed by atoms with Crippen molar-refractivity contribution in [1.29, 1.82) is 0 Å². The number of hydrogen-bond donors (Lipinski definition) is 2. The van der Waals surface area contributed by atoms with Crippen molar-refractivity contribution in [3.63, 3.8) is 0 Å². The van der Waals surface area contributed by atoms with Gasteiger partial charge in [-0.05, 0) is 17.7 Å². The molecule has 0 radical (unpaired) electrons. The number of carbonyl (C=O) groups is 2. The lowest BCUT2D eigenvalue weighted by atomic mass is 10.1. The lowest BCUT2D eigenvalue weighted by molar-refractivity contribution is -0.114. The second-order valence-corrected chi connectivity index (χ2v) is 3.60. The number of oxime groups is 1. The topological polar surface area (TPSA) is 88.0 Å². The molecule has 1 aromatic rings. The maximum Gasteiger partial charge on any atom is 0.221 e. The Morgan fingerprint density at radius 2 is 2.22 bits per heavy atom. The first-order valence-electron chi connectivity index (χ1n) is 5.21. The zero-order chi connectivity index (χ0) is 13.5. The van der Waals surface area contributed by atoms with Gasteiger partial charge in [-0.15, -0.1) is 0 Å². The molecule has 0 aliphatic carbocycles. The first-order valence-corrected chi connectivity index (χ1v) is 5.21. The van der Waals surface area contributed by atoms with Crippen molar-refractivity contribution in [2.45, 2.75) is 13.3 Å². The van der Waals surface area contributed by atoms with E-state index in [1.807, 2.05) is 0 Å². The number of hydrogen-bond acceptors (Lipinski definition) is 5. The summed E-state index contributed by atoms with van der Waals surface area (Å²) in [6.07, 6.45) is 0.939. The summed E-state index contributed by atoms with van der Waals surface area (Å²) in [6, 6.07) is 4.99. The van der Waals surface area contributed by atoms with Crippen molar-refractivity contribution in [1.82, 2.24) is 0 Å². The smallest absolute Gasteiger partial charge is 0.221 e. The predicted molar refractivity (Wildman–Crippen MR) is 66.3 cm³/mol. The first kappa shape index (κ1) is 13.7. The predicted octanol–water partition coefficient (Wildman–Crippen LogP) is 1.23. The van der Waals surface area contributed by atoms with E-state index < -0.39 is 0 Å². The van der Waals surface area contributed by atoms with Crippen LogP contribution in [0.25, 0.3) is 0 Å². The van der Waals surface area contributed by atoms with Crippen LogP contribution in [0.1, 0.15) is 12.5 Å². The van der Waals surface area contributed by atoms with Gasteiger partial charge in [0.15, 0.2) is 5.78 Å². The van der Waals surface area contributed by atoms with Crippen molar-refractivity contribution in [2.24, 2.45) is 5.16 Å². The number of nitrogens with zero attached hydrogens (tertiary/aromatic N) is 1. The molecule has 2 N–H and O–H groups in total. The van der Waals surface area contributed by atoms with Crippen molar-refractivity contribution < 1.29 is 19.5 Å². The summed E-state index contributed by atoms with van der Waals surface area (Å²) in [6.45, 7) is 1.40. The van der Waals surface area contributed by atoms with Crippen molar-refractivity contribution >= 4 is 23.6 Å². The minimum atomic E-state index is -0.327. The highest BCUT2D eigenvalue weighted by molar-refractivity contribution is 6.27. The molecule has 0 aromatic heterocycles. The average molecular weight is 250 g/mol. The van der Waals surface area contributed by atoms with Gasteiger partial charge >= 0.3 is 0 Å². The van der Waals surface area contributed by atoms with Gasteiger partial charge in [-0.1, -0.05) is 11.2 Å². The molecule has 1 rings (SSSR count). The minimum Gasteiger partial charge on any atom is -0.495 e. The van der Waals surface area contributed by atoms with Crippen molar-refractivity contribution in [3.05, 3.63) is 23.8 Å². The van der Waals surface area contributed by atoms with Crippen molar-refractivity contribution in [3.8, 4) is 5.75 Å². The number of ether oxygens (including phenoxy) is 1. The number of Topliss-reactive ketones (excluding diaryl/α,β-unsaturated/α-hetero) is 1. The molecule has 0 aliphatic rings. The van der Waals surface area contributed by atoms with Gasteiger partial charge in [0.05, 0.1) is 12.8 Å². The monoisotopic (exact) mass is 250 g/mol. The number of ketones is 1. The van der Waals surface area contributed by atoms with Gasteiger partial charge in [-0.3, -0.25) is 9.59 Å². The normalized spacial score (nSPS) is 10.3. The fourth-order valence-electron chi connectivity index (χ4n) is 1.45. The van der Waals surface area contributed by atoms with E-state index in [0.717, 1.165) is 6.21 Å². The summed E-state index contributed by atoms with van der Waals surface area (Å²) in [5.41, 5.74) is 1.24. The summed E-state index contributed by atoms with van der Waals surface area (Å²) in [5, 5.41) is 13.5. The SMILES string of the molecule is COc1cc(CC(=O)C=NO)ccc1NC(C)=O. The third-order valence-corrected chi connectivity index (χ3v) is 2.16. The van der Waals surface area contributed by atoms with E-state index >= 15 is 0 Å². The fourth-order valence-corrected chi connectivity index (χ4v) is 1.45. The number of carbonyl (C=O) groups excluding carboxylic acids is 2. The molecule has 0 saturated carbocycles. The molecule has 0 fully saturated rings. The van der Waals surface area contributed by atoms with Gasteiger partial charge < -0.3 is 15.3 Å². The van der Waals surface area contributed by atoms with Gasteiger partial charge in [0.25, 0.3) is 0 Å². The Hall–Kier alpha value is -2.37. The molecule has 0 heterocycles. The van der Waals surface area contributed by atoms with Crippen LogP contribution < -0.4 is 10.1 Å². The van der Waals surface area contributed by atoms with Crippen LogP contribution in [0, 0.1) is 0 Å². The average Bonchev–Trinajstić information content (AvgIpc) is 2.30. The van der Waals surface area contributed by atoms with Crippen LogP contribution in [-0.4, -0.2) is 30.2 Å². The van der Waals surface area contributed by atoms with Gasteiger partial charge in [0.1, 0.15) is 12.0 Å². The number of anilines is 1. The number of methoxy groups -OCH3 is 1.